The minimum absolute atomic E-state index is 0.00716. The smallest absolute Gasteiger partial charge is 0.337 e. The van der Waals surface area contributed by atoms with Crippen molar-refractivity contribution in [2.45, 2.75) is 25.2 Å². The molecule has 1 amide bonds. The summed E-state index contributed by atoms with van der Waals surface area (Å²) in [6, 6.07) is 12.7. The van der Waals surface area contributed by atoms with Crippen molar-refractivity contribution >= 4 is 61.4 Å². The van der Waals surface area contributed by atoms with E-state index in [9.17, 15) is 23.1 Å². The molecule has 3 aromatic rings. The first-order valence-electron chi connectivity index (χ1n) is 12.6. The second-order valence-corrected chi connectivity index (χ2v) is 12.8. The number of amides is 1. The van der Waals surface area contributed by atoms with E-state index in [0.717, 1.165) is 9.64 Å². The molecular weight excluding hydrogens is 655 g/mol. The molecule has 1 aliphatic rings. The summed E-state index contributed by atoms with van der Waals surface area (Å²) in [6.07, 6.45) is 0.470. The first-order chi connectivity index (χ1) is 18.9. The number of carbonyl (C=O) groups excluding carboxylic acids is 1. The maximum absolute atomic E-state index is 15.3. The molecule has 1 aliphatic heterocycles. The van der Waals surface area contributed by atoms with Crippen LogP contribution in [0.5, 0.6) is 0 Å². The van der Waals surface area contributed by atoms with Crippen LogP contribution in [0.2, 0.25) is 0 Å². The van der Waals surface area contributed by atoms with Gasteiger partial charge in [-0.3, -0.25) is 4.79 Å². The molecule has 0 unspecified atom stereocenters. The Labute approximate surface area is 245 Å². The molecule has 4 rings (SSSR count). The van der Waals surface area contributed by atoms with Gasteiger partial charge < -0.3 is 20.2 Å². The van der Waals surface area contributed by atoms with Crippen molar-refractivity contribution in [3.05, 3.63) is 80.4 Å². The fourth-order valence-corrected chi connectivity index (χ4v) is 6.86. The van der Waals surface area contributed by atoms with E-state index in [1.165, 1.54) is 4.90 Å². The van der Waals surface area contributed by atoms with Gasteiger partial charge in [0.05, 0.1) is 33.2 Å². The number of aromatic carboxylic acids is 1. The second kappa shape index (κ2) is 12.1. The molecule has 3 aromatic carbocycles. The summed E-state index contributed by atoms with van der Waals surface area (Å²) in [5.74, 6) is -5.27. The number of rotatable bonds is 8. The zero-order valence-electron chi connectivity index (χ0n) is 21.9. The molecule has 1 heterocycles. The minimum atomic E-state index is -3.49. The van der Waals surface area contributed by atoms with Crippen molar-refractivity contribution in [1.82, 2.24) is 4.90 Å². The summed E-state index contributed by atoms with van der Waals surface area (Å²) in [6.45, 7) is 4.25. The van der Waals surface area contributed by atoms with Crippen molar-refractivity contribution in [3.63, 3.8) is 0 Å². The predicted molar refractivity (Wildman–Crippen MR) is 157 cm³/mol. The largest absolute Gasteiger partial charge is 0.478 e. The normalized spacial score (nSPS) is 13.8. The number of piperazine rings is 1. The highest BCUT2D eigenvalue weighted by Crippen LogP contribution is 2.32. The minimum Gasteiger partial charge on any atom is -0.478 e. The highest BCUT2D eigenvalue weighted by molar-refractivity contribution is 14.1. The maximum Gasteiger partial charge on any atom is 0.337 e. The Morgan fingerprint density at radius 2 is 1.68 bits per heavy atom. The fraction of sp³-hybridized carbons (Fsp3) is 0.286. The summed E-state index contributed by atoms with van der Waals surface area (Å²) in [5.41, 5.74) is -0.203. The van der Waals surface area contributed by atoms with Gasteiger partial charge in [0, 0.05) is 35.4 Å². The molecule has 0 atom stereocenters. The molecule has 0 radical (unpaired) electrons. The van der Waals surface area contributed by atoms with E-state index in [1.807, 2.05) is 4.90 Å². The molecule has 212 valence electrons. The van der Waals surface area contributed by atoms with E-state index in [1.54, 1.807) is 56.3 Å². The molecule has 0 aromatic heterocycles. The van der Waals surface area contributed by atoms with Crippen LogP contribution in [0.25, 0.3) is 0 Å². The molecule has 0 spiro atoms. The van der Waals surface area contributed by atoms with Crippen LogP contribution >= 0.6 is 22.6 Å². The molecule has 2 N–H and O–H groups in total. The number of para-hydroxylation sites is 1. The standard InChI is InChI=1S/C28H28F2IN3O5S/c1-3-14-40(38,39)23-7-5-4-6-22(23)33-10-12-34(13-11-33)27(35)19-16-20(28(36)37)26(25(30)24(19)29)32-21-9-8-18(31)15-17(21)2/h4-9,15-16,32H,3,10-14H2,1-2H3,(H,36,37). The third kappa shape index (κ3) is 6.07. The van der Waals surface area contributed by atoms with Gasteiger partial charge in [-0.1, -0.05) is 19.1 Å². The van der Waals surface area contributed by atoms with Gasteiger partial charge in [-0.2, -0.15) is 0 Å². The Bertz CT molecular complexity index is 1570. The monoisotopic (exact) mass is 683 g/mol. The van der Waals surface area contributed by atoms with E-state index in [4.69, 9.17) is 0 Å². The van der Waals surface area contributed by atoms with Crippen molar-refractivity contribution < 1.29 is 31.9 Å². The van der Waals surface area contributed by atoms with Crippen LogP contribution < -0.4 is 10.2 Å². The van der Waals surface area contributed by atoms with Gasteiger partial charge in [0.2, 0.25) is 0 Å². The van der Waals surface area contributed by atoms with Gasteiger partial charge in [0.15, 0.2) is 21.5 Å². The van der Waals surface area contributed by atoms with Crippen LogP contribution in [0.3, 0.4) is 0 Å². The summed E-state index contributed by atoms with van der Waals surface area (Å²) in [7, 11) is -3.49. The number of hydrogen-bond acceptors (Lipinski definition) is 6. The van der Waals surface area contributed by atoms with Crippen molar-refractivity contribution in [1.29, 1.82) is 0 Å². The first-order valence-corrected chi connectivity index (χ1v) is 15.3. The van der Waals surface area contributed by atoms with Gasteiger partial charge in [-0.25, -0.2) is 22.0 Å². The van der Waals surface area contributed by atoms with E-state index >= 15 is 8.78 Å². The molecule has 8 nitrogen and oxygen atoms in total. The Morgan fingerprint density at radius 1 is 1.00 bits per heavy atom. The Morgan fingerprint density at radius 3 is 2.30 bits per heavy atom. The van der Waals surface area contributed by atoms with Crippen LogP contribution in [0.4, 0.5) is 25.8 Å². The third-order valence-corrected chi connectivity index (χ3v) is 9.33. The van der Waals surface area contributed by atoms with Crippen LogP contribution in [0.1, 0.15) is 39.6 Å². The Hall–Kier alpha value is -3.26. The zero-order chi connectivity index (χ0) is 29.2. The van der Waals surface area contributed by atoms with E-state index < -0.39 is 50.2 Å². The number of halogens is 3. The zero-order valence-corrected chi connectivity index (χ0v) is 24.9. The number of benzene rings is 3. The SMILES string of the molecule is CCCS(=O)(=O)c1ccccc1N1CCN(C(=O)c2cc(C(=O)O)c(Nc3ccc(I)cc3C)c(F)c2F)CC1. The number of hydrogen-bond donors (Lipinski definition) is 2. The van der Waals surface area contributed by atoms with E-state index in [0.29, 0.717) is 23.4 Å². The number of anilines is 3. The number of nitrogens with zero attached hydrogens (tertiary/aromatic N) is 2. The molecule has 0 saturated carbocycles. The Kier molecular flexibility index (Phi) is 8.98. The highest BCUT2D eigenvalue weighted by Gasteiger charge is 2.31. The third-order valence-electron chi connectivity index (χ3n) is 6.70. The molecule has 1 fully saturated rings. The van der Waals surface area contributed by atoms with Gasteiger partial charge in [-0.15, -0.1) is 0 Å². The molecular formula is C28H28F2IN3O5S. The maximum atomic E-state index is 15.3. The number of nitrogens with one attached hydrogen (secondary N) is 1. The predicted octanol–water partition coefficient (Wildman–Crippen LogP) is 5.47. The molecule has 1 saturated heterocycles. The van der Waals surface area contributed by atoms with Gasteiger partial charge in [-0.05, 0) is 77.9 Å². The van der Waals surface area contributed by atoms with Crippen LogP contribution in [-0.2, 0) is 9.84 Å². The number of carbonyl (C=O) groups is 2. The van der Waals surface area contributed by atoms with Crippen molar-refractivity contribution in [2.75, 3.05) is 42.1 Å². The molecule has 40 heavy (non-hydrogen) atoms. The van der Waals surface area contributed by atoms with Gasteiger partial charge in [0.25, 0.3) is 5.91 Å². The first kappa shape index (κ1) is 29.7. The van der Waals surface area contributed by atoms with Crippen LogP contribution in [0.15, 0.2) is 53.4 Å². The summed E-state index contributed by atoms with van der Waals surface area (Å²) in [5, 5.41) is 12.4. The quantitative estimate of drug-likeness (QED) is 0.304. The summed E-state index contributed by atoms with van der Waals surface area (Å²) < 4.78 is 57.0. The highest BCUT2D eigenvalue weighted by atomic mass is 127. The summed E-state index contributed by atoms with van der Waals surface area (Å²) >= 11 is 2.10. The fourth-order valence-electron chi connectivity index (χ4n) is 4.66. The lowest BCUT2D eigenvalue weighted by atomic mass is 10.0. The molecule has 0 bridgehead atoms. The van der Waals surface area contributed by atoms with E-state index in [2.05, 4.69) is 27.9 Å². The van der Waals surface area contributed by atoms with Crippen LogP contribution in [0, 0.1) is 22.1 Å². The van der Waals surface area contributed by atoms with Gasteiger partial charge in [0.1, 0.15) is 0 Å². The number of aryl methyl sites for hydroxylation is 1. The number of carboxylic acids is 1. The average molecular weight is 684 g/mol. The van der Waals surface area contributed by atoms with E-state index in [-0.39, 0.29) is 36.8 Å². The lowest BCUT2D eigenvalue weighted by molar-refractivity contribution is 0.0697. The molecule has 0 aliphatic carbocycles. The summed E-state index contributed by atoms with van der Waals surface area (Å²) in [4.78, 5) is 28.6. The van der Waals surface area contributed by atoms with Crippen LogP contribution in [-0.4, -0.2) is 62.2 Å². The Balaban J connectivity index is 1.58. The lowest BCUT2D eigenvalue weighted by Crippen LogP contribution is -2.49. The average Bonchev–Trinajstić information content (AvgIpc) is 2.92. The molecule has 12 heteroatoms. The number of carboxylic acid groups (broad SMARTS) is 1. The van der Waals surface area contributed by atoms with Gasteiger partial charge >= 0.3 is 5.97 Å². The van der Waals surface area contributed by atoms with Crippen molar-refractivity contribution in [2.24, 2.45) is 0 Å². The lowest BCUT2D eigenvalue weighted by Gasteiger charge is -2.37. The topological polar surface area (TPSA) is 107 Å². The number of sulfone groups is 1. The van der Waals surface area contributed by atoms with Crippen molar-refractivity contribution in [3.8, 4) is 0 Å². The second-order valence-electron chi connectivity index (χ2n) is 9.43.